The molecule has 150 valence electrons. The van der Waals surface area contributed by atoms with E-state index in [-0.39, 0.29) is 36.3 Å². The van der Waals surface area contributed by atoms with Crippen molar-refractivity contribution in [3.63, 3.8) is 0 Å². The Labute approximate surface area is 167 Å². The van der Waals surface area contributed by atoms with Gasteiger partial charge in [0.05, 0.1) is 0 Å². The molecule has 0 radical (unpaired) electrons. The Morgan fingerprint density at radius 3 is 2.44 bits per heavy atom. The molecule has 1 amide bonds. The number of rotatable bonds is 6. The zero-order valence-corrected chi connectivity index (χ0v) is 18.1. The third kappa shape index (κ3) is 7.24. The van der Waals surface area contributed by atoms with Crippen LogP contribution >= 0.6 is 24.8 Å². The van der Waals surface area contributed by atoms with Crippen LogP contribution in [0.4, 0.5) is 0 Å². The van der Waals surface area contributed by atoms with E-state index in [0.29, 0.717) is 18.3 Å². The average Bonchev–Trinajstić information content (AvgIpc) is 2.53. The van der Waals surface area contributed by atoms with Gasteiger partial charge in [0.15, 0.2) is 0 Å². The van der Waals surface area contributed by atoms with Gasteiger partial charge in [-0.2, -0.15) is 0 Å². The highest BCUT2D eigenvalue weighted by atomic mass is 35.5. The quantitative estimate of drug-likeness (QED) is 0.723. The summed E-state index contributed by atoms with van der Waals surface area (Å²) in [5, 5.41) is 6.68. The topological polar surface area (TPSA) is 44.4 Å². The molecule has 1 saturated carbocycles. The van der Waals surface area contributed by atoms with Crippen LogP contribution in [0.25, 0.3) is 0 Å². The maximum Gasteiger partial charge on any atom is 0.220 e. The molecule has 0 bridgehead atoms. The number of hydrogen-bond acceptors (Lipinski definition) is 3. The summed E-state index contributed by atoms with van der Waals surface area (Å²) in [7, 11) is 4.34. The van der Waals surface area contributed by atoms with E-state index in [0.717, 1.165) is 25.6 Å². The maximum atomic E-state index is 12.4. The number of halogens is 2. The van der Waals surface area contributed by atoms with Crippen LogP contribution in [0.1, 0.15) is 58.8 Å². The summed E-state index contributed by atoms with van der Waals surface area (Å²) >= 11 is 0. The van der Waals surface area contributed by atoms with Crippen molar-refractivity contribution < 1.29 is 4.79 Å². The van der Waals surface area contributed by atoms with E-state index in [1.54, 1.807) is 0 Å². The maximum absolute atomic E-state index is 12.4. The summed E-state index contributed by atoms with van der Waals surface area (Å²) in [5.74, 6) is 2.21. The molecule has 0 aromatic rings. The number of carbonyl (C=O) groups excluding carboxylic acids is 1. The minimum atomic E-state index is 0. The molecule has 0 spiro atoms. The van der Waals surface area contributed by atoms with Crippen molar-refractivity contribution >= 4 is 30.7 Å². The number of hydrogen-bond donors (Lipinski definition) is 2. The molecule has 2 fully saturated rings. The van der Waals surface area contributed by atoms with Crippen molar-refractivity contribution in [3.05, 3.63) is 0 Å². The van der Waals surface area contributed by atoms with E-state index in [9.17, 15) is 4.79 Å². The summed E-state index contributed by atoms with van der Waals surface area (Å²) in [4.78, 5) is 14.8. The van der Waals surface area contributed by atoms with Gasteiger partial charge < -0.3 is 15.5 Å². The first-order chi connectivity index (χ1) is 10.9. The monoisotopic (exact) mass is 395 g/mol. The Hall–Kier alpha value is -0.0300. The zero-order valence-electron chi connectivity index (χ0n) is 16.5. The van der Waals surface area contributed by atoms with Crippen LogP contribution in [0, 0.1) is 17.8 Å². The minimum absolute atomic E-state index is 0. The second-order valence-electron chi connectivity index (χ2n) is 8.37. The zero-order chi connectivity index (χ0) is 16.9. The second-order valence-corrected chi connectivity index (χ2v) is 8.37. The lowest BCUT2D eigenvalue weighted by Gasteiger charge is -2.45. The molecule has 6 heteroatoms. The van der Waals surface area contributed by atoms with Gasteiger partial charge in [-0.05, 0) is 70.6 Å². The van der Waals surface area contributed by atoms with Crippen molar-refractivity contribution in [1.82, 2.24) is 15.5 Å². The van der Waals surface area contributed by atoms with Crippen molar-refractivity contribution in [2.45, 2.75) is 64.3 Å². The molecule has 2 aliphatic rings. The highest BCUT2D eigenvalue weighted by Gasteiger charge is 2.37. The summed E-state index contributed by atoms with van der Waals surface area (Å²) in [6.45, 7) is 7.62. The second kappa shape index (κ2) is 11.6. The number of carbonyl (C=O) groups is 1. The van der Waals surface area contributed by atoms with Crippen LogP contribution in [0.15, 0.2) is 0 Å². The van der Waals surface area contributed by atoms with Gasteiger partial charge in [-0.25, -0.2) is 0 Å². The molecule has 2 N–H and O–H groups in total. The highest BCUT2D eigenvalue weighted by Crippen LogP contribution is 2.35. The Morgan fingerprint density at radius 1 is 1.24 bits per heavy atom. The fourth-order valence-corrected chi connectivity index (χ4v) is 4.56. The van der Waals surface area contributed by atoms with Gasteiger partial charge in [-0.1, -0.05) is 26.7 Å². The van der Waals surface area contributed by atoms with Crippen LogP contribution < -0.4 is 10.6 Å². The van der Waals surface area contributed by atoms with Crippen LogP contribution in [0.2, 0.25) is 0 Å². The molecule has 1 heterocycles. The van der Waals surface area contributed by atoms with Crippen LogP contribution in [-0.4, -0.2) is 50.1 Å². The average molecular weight is 396 g/mol. The summed E-state index contributed by atoms with van der Waals surface area (Å²) in [6.07, 6.45) is 8.13. The largest absolute Gasteiger partial charge is 0.354 e. The van der Waals surface area contributed by atoms with E-state index in [4.69, 9.17) is 0 Å². The van der Waals surface area contributed by atoms with E-state index in [1.165, 1.54) is 38.5 Å². The van der Waals surface area contributed by atoms with Gasteiger partial charge in [0.2, 0.25) is 5.91 Å². The summed E-state index contributed by atoms with van der Waals surface area (Å²) < 4.78 is 0. The van der Waals surface area contributed by atoms with Gasteiger partial charge in [0.1, 0.15) is 0 Å². The van der Waals surface area contributed by atoms with Gasteiger partial charge in [-0.15, -0.1) is 24.8 Å². The predicted octanol–water partition coefficient (Wildman–Crippen LogP) is 3.48. The molecule has 1 aliphatic heterocycles. The lowest BCUT2D eigenvalue weighted by Crippen LogP contribution is -2.55. The first-order valence-corrected chi connectivity index (χ1v) is 9.58. The Kier molecular flexibility index (Phi) is 11.6. The molecular weight excluding hydrogens is 357 g/mol. The van der Waals surface area contributed by atoms with Gasteiger partial charge in [-0.3, -0.25) is 4.79 Å². The molecule has 0 aromatic heterocycles. The number of piperidine rings is 1. The highest BCUT2D eigenvalue weighted by molar-refractivity contribution is 5.85. The van der Waals surface area contributed by atoms with Crippen molar-refractivity contribution in [2.75, 3.05) is 33.7 Å². The molecule has 3 atom stereocenters. The molecule has 25 heavy (non-hydrogen) atoms. The number of nitrogens with one attached hydrogen (secondary N) is 2. The fourth-order valence-electron chi connectivity index (χ4n) is 4.56. The first kappa shape index (κ1) is 25.0. The van der Waals surface area contributed by atoms with Crippen molar-refractivity contribution in [3.8, 4) is 0 Å². The predicted molar refractivity (Wildman–Crippen MR) is 111 cm³/mol. The van der Waals surface area contributed by atoms with Crippen molar-refractivity contribution in [2.24, 2.45) is 17.8 Å². The van der Waals surface area contributed by atoms with Gasteiger partial charge in [0, 0.05) is 18.5 Å². The molecule has 1 aliphatic carbocycles. The smallest absolute Gasteiger partial charge is 0.220 e. The molecule has 2 rings (SSSR count). The van der Waals surface area contributed by atoms with Crippen LogP contribution in [0.5, 0.6) is 0 Å². The normalized spacial score (nSPS) is 28.6. The van der Waals surface area contributed by atoms with Gasteiger partial charge >= 0.3 is 0 Å². The Balaban J connectivity index is 0.00000288. The summed E-state index contributed by atoms with van der Waals surface area (Å²) in [5.41, 5.74) is 0.158. The Morgan fingerprint density at radius 2 is 1.88 bits per heavy atom. The number of amides is 1. The summed E-state index contributed by atoms with van der Waals surface area (Å²) in [6, 6.07) is 0. The third-order valence-corrected chi connectivity index (χ3v) is 6.33. The molecule has 1 saturated heterocycles. The van der Waals surface area contributed by atoms with E-state index >= 15 is 0 Å². The van der Waals surface area contributed by atoms with E-state index in [2.05, 4.69) is 43.5 Å². The van der Waals surface area contributed by atoms with Crippen LogP contribution in [-0.2, 0) is 4.79 Å². The van der Waals surface area contributed by atoms with Gasteiger partial charge in [0.25, 0.3) is 0 Å². The molecule has 4 nitrogen and oxygen atoms in total. The first-order valence-electron chi connectivity index (χ1n) is 9.58. The molecule has 0 aromatic carbocycles. The number of likely N-dealkylation sites (N-methyl/N-ethyl adjacent to an activating group) is 1. The third-order valence-electron chi connectivity index (χ3n) is 6.33. The molecular formula is C19H39Cl2N3O. The lowest BCUT2D eigenvalue weighted by molar-refractivity contribution is -0.123. The fraction of sp³-hybridized carbons (Fsp3) is 0.947. The molecule has 3 unspecified atom stereocenters. The minimum Gasteiger partial charge on any atom is -0.354 e. The van der Waals surface area contributed by atoms with Crippen molar-refractivity contribution in [1.29, 1.82) is 0 Å². The van der Waals surface area contributed by atoms with E-state index in [1.807, 2.05) is 0 Å². The van der Waals surface area contributed by atoms with Crippen LogP contribution in [0.3, 0.4) is 0 Å². The Bertz CT molecular complexity index is 389. The lowest BCUT2D eigenvalue weighted by atomic mass is 9.75. The van der Waals surface area contributed by atoms with E-state index < -0.39 is 0 Å². The standard InChI is InChI=1S/C19H37N3O.2ClH/c1-15-6-5-9-19(13-15,22(3)4)14-21-18(23)12-16(2)17-7-10-20-11-8-17;;/h15-17,20H,5-14H2,1-4H3,(H,21,23);2*1H. The number of nitrogens with zero attached hydrogens (tertiary/aromatic N) is 1. The SMILES string of the molecule is CC1CCCC(CNC(=O)CC(C)C2CCNCC2)(N(C)C)C1.Cl.Cl.